The number of methoxy groups -OCH3 is 1. The molecule has 6 heteroatoms. The standard InChI is InChI=1S/C13H17Cl2NO3/c1-9(13(17)16-6-3-7-18-2)19-12-5-4-10(14)8-11(12)15/h4-5,8-9H,3,6-7H2,1-2H3,(H,16,17)/t9-/m0/s1. The van der Waals surface area contributed by atoms with Gasteiger partial charge in [-0.05, 0) is 31.5 Å². The van der Waals surface area contributed by atoms with E-state index in [-0.39, 0.29) is 5.91 Å². The molecular weight excluding hydrogens is 289 g/mol. The van der Waals surface area contributed by atoms with Gasteiger partial charge in [0.05, 0.1) is 5.02 Å². The second-order valence-corrected chi connectivity index (χ2v) is 4.82. The van der Waals surface area contributed by atoms with Gasteiger partial charge in [-0.3, -0.25) is 4.79 Å². The Morgan fingerprint density at radius 3 is 2.79 bits per heavy atom. The number of nitrogens with one attached hydrogen (secondary N) is 1. The summed E-state index contributed by atoms with van der Waals surface area (Å²) in [4.78, 5) is 11.7. The maximum atomic E-state index is 11.7. The van der Waals surface area contributed by atoms with E-state index >= 15 is 0 Å². The zero-order valence-electron chi connectivity index (χ0n) is 10.9. The lowest BCUT2D eigenvalue weighted by Gasteiger charge is -2.15. The van der Waals surface area contributed by atoms with Crippen LogP contribution in [-0.4, -0.2) is 32.3 Å². The quantitative estimate of drug-likeness (QED) is 0.788. The number of halogens is 2. The van der Waals surface area contributed by atoms with E-state index in [4.69, 9.17) is 32.7 Å². The summed E-state index contributed by atoms with van der Waals surface area (Å²) in [5.41, 5.74) is 0. The van der Waals surface area contributed by atoms with Crippen molar-refractivity contribution in [2.24, 2.45) is 0 Å². The van der Waals surface area contributed by atoms with E-state index in [0.29, 0.717) is 28.9 Å². The molecule has 0 aliphatic carbocycles. The molecule has 0 saturated heterocycles. The van der Waals surface area contributed by atoms with Crippen LogP contribution in [0, 0.1) is 0 Å². The summed E-state index contributed by atoms with van der Waals surface area (Å²) < 4.78 is 10.4. The molecule has 106 valence electrons. The molecular formula is C13H17Cl2NO3. The first-order valence-corrected chi connectivity index (χ1v) is 6.68. The molecule has 0 fully saturated rings. The van der Waals surface area contributed by atoms with Crippen LogP contribution in [0.1, 0.15) is 13.3 Å². The minimum absolute atomic E-state index is 0.192. The summed E-state index contributed by atoms with van der Waals surface area (Å²) in [6.45, 7) is 2.82. The molecule has 4 nitrogen and oxygen atoms in total. The minimum atomic E-state index is -0.624. The van der Waals surface area contributed by atoms with Crippen LogP contribution in [0.25, 0.3) is 0 Å². The molecule has 1 N–H and O–H groups in total. The molecule has 0 saturated carbocycles. The Kier molecular flexibility index (Phi) is 6.99. The average molecular weight is 306 g/mol. The van der Waals surface area contributed by atoms with Crippen molar-refractivity contribution < 1.29 is 14.3 Å². The van der Waals surface area contributed by atoms with Crippen molar-refractivity contribution in [3.8, 4) is 5.75 Å². The summed E-state index contributed by atoms with van der Waals surface area (Å²) in [6.07, 6.45) is 0.137. The Morgan fingerprint density at radius 2 is 2.16 bits per heavy atom. The average Bonchev–Trinajstić information content (AvgIpc) is 2.37. The van der Waals surface area contributed by atoms with Crippen LogP contribution in [0.4, 0.5) is 0 Å². The molecule has 0 aliphatic rings. The van der Waals surface area contributed by atoms with E-state index in [2.05, 4.69) is 5.32 Å². The Morgan fingerprint density at radius 1 is 1.42 bits per heavy atom. The third-order valence-corrected chi connectivity index (χ3v) is 2.92. The van der Waals surface area contributed by atoms with Crippen LogP contribution < -0.4 is 10.1 Å². The molecule has 1 amide bonds. The van der Waals surface area contributed by atoms with E-state index < -0.39 is 6.10 Å². The van der Waals surface area contributed by atoms with E-state index in [1.165, 1.54) is 0 Å². The number of hydrogen-bond donors (Lipinski definition) is 1. The Hall–Kier alpha value is -0.970. The lowest BCUT2D eigenvalue weighted by atomic mass is 10.3. The van der Waals surface area contributed by atoms with Gasteiger partial charge in [-0.15, -0.1) is 0 Å². The molecule has 0 spiro atoms. The molecule has 19 heavy (non-hydrogen) atoms. The fraction of sp³-hybridized carbons (Fsp3) is 0.462. The first kappa shape index (κ1) is 16.1. The lowest BCUT2D eigenvalue weighted by Crippen LogP contribution is -2.37. The van der Waals surface area contributed by atoms with E-state index in [0.717, 1.165) is 6.42 Å². The minimum Gasteiger partial charge on any atom is -0.479 e. The van der Waals surface area contributed by atoms with Crippen LogP contribution in [0.5, 0.6) is 5.75 Å². The second-order valence-electron chi connectivity index (χ2n) is 3.97. The fourth-order valence-corrected chi connectivity index (χ4v) is 1.84. The monoisotopic (exact) mass is 305 g/mol. The molecule has 1 aromatic carbocycles. The van der Waals surface area contributed by atoms with Gasteiger partial charge in [-0.2, -0.15) is 0 Å². The molecule has 0 unspecified atom stereocenters. The summed E-state index contributed by atoms with van der Waals surface area (Å²) in [5, 5.41) is 3.66. The first-order chi connectivity index (χ1) is 9.04. The highest BCUT2D eigenvalue weighted by atomic mass is 35.5. The van der Waals surface area contributed by atoms with Gasteiger partial charge in [-0.25, -0.2) is 0 Å². The van der Waals surface area contributed by atoms with Crippen LogP contribution in [0.3, 0.4) is 0 Å². The normalized spacial score (nSPS) is 12.0. The number of carbonyl (C=O) groups excluding carboxylic acids is 1. The molecule has 1 atom stereocenters. The molecule has 0 heterocycles. The highest BCUT2D eigenvalue weighted by molar-refractivity contribution is 6.35. The number of carbonyl (C=O) groups is 1. The zero-order chi connectivity index (χ0) is 14.3. The first-order valence-electron chi connectivity index (χ1n) is 5.93. The van der Waals surface area contributed by atoms with Crippen LogP contribution in [0.2, 0.25) is 10.0 Å². The van der Waals surface area contributed by atoms with Gasteiger partial charge >= 0.3 is 0 Å². The van der Waals surface area contributed by atoms with Crippen molar-refractivity contribution in [2.45, 2.75) is 19.4 Å². The Labute approximate surface area is 123 Å². The molecule has 0 aliphatic heterocycles. The fourth-order valence-electron chi connectivity index (χ4n) is 1.39. The highest BCUT2D eigenvalue weighted by Crippen LogP contribution is 2.28. The summed E-state index contributed by atoms with van der Waals surface area (Å²) in [5.74, 6) is 0.243. The van der Waals surface area contributed by atoms with Gasteiger partial charge in [-0.1, -0.05) is 23.2 Å². The number of amides is 1. The van der Waals surface area contributed by atoms with Gasteiger partial charge in [0.2, 0.25) is 0 Å². The third-order valence-electron chi connectivity index (χ3n) is 2.39. The van der Waals surface area contributed by atoms with Crippen LogP contribution in [-0.2, 0) is 9.53 Å². The van der Waals surface area contributed by atoms with Crippen molar-refractivity contribution in [3.05, 3.63) is 28.2 Å². The Balaban J connectivity index is 2.45. The maximum absolute atomic E-state index is 11.7. The summed E-state index contributed by atoms with van der Waals surface area (Å²) >= 11 is 11.7. The van der Waals surface area contributed by atoms with E-state index in [9.17, 15) is 4.79 Å². The summed E-state index contributed by atoms with van der Waals surface area (Å²) in [6, 6.07) is 4.87. The smallest absolute Gasteiger partial charge is 0.260 e. The molecule has 1 aromatic rings. The number of rotatable bonds is 7. The van der Waals surface area contributed by atoms with Crippen molar-refractivity contribution >= 4 is 29.1 Å². The zero-order valence-corrected chi connectivity index (χ0v) is 12.4. The predicted octanol–water partition coefficient (Wildman–Crippen LogP) is 2.91. The molecule has 0 bridgehead atoms. The topological polar surface area (TPSA) is 47.6 Å². The third kappa shape index (κ3) is 5.68. The highest BCUT2D eigenvalue weighted by Gasteiger charge is 2.15. The van der Waals surface area contributed by atoms with E-state index in [1.807, 2.05) is 0 Å². The number of benzene rings is 1. The number of hydrogen-bond acceptors (Lipinski definition) is 3. The maximum Gasteiger partial charge on any atom is 0.260 e. The van der Waals surface area contributed by atoms with Gasteiger partial charge in [0, 0.05) is 25.3 Å². The van der Waals surface area contributed by atoms with Crippen molar-refractivity contribution in [1.29, 1.82) is 0 Å². The lowest BCUT2D eigenvalue weighted by molar-refractivity contribution is -0.127. The van der Waals surface area contributed by atoms with Gasteiger partial charge < -0.3 is 14.8 Å². The molecule has 0 radical (unpaired) electrons. The van der Waals surface area contributed by atoms with Crippen molar-refractivity contribution in [1.82, 2.24) is 5.32 Å². The van der Waals surface area contributed by atoms with Gasteiger partial charge in [0.1, 0.15) is 5.75 Å². The predicted molar refractivity (Wildman–Crippen MR) is 76.1 cm³/mol. The van der Waals surface area contributed by atoms with Crippen LogP contribution in [0.15, 0.2) is 18.2 Å². The van der Waals surface area contributed by atoms with Crippen LogP contribution >= 0.6 is 23.2 Å². The van der Waals surface area contributed by atoms with Gasteiger partial charge in [0.25, 0.3) is 5.91 Å². The van der Waals surface area contributed by atoms with E-state index in [1.54, 1.807) is 32.2 Å². The SMILES string of the molecule is COCCCNC(=O)[C@H](C)Oc1ccc(Cl)cc1Cl. The summed E-state index contributed by atoms with van der Waals surface area (Å²) in [7, 11) is 1.62. The van der Waals surface area contributed by atoms with Gasteiger partial charge in [0.15, 0.2) is 6.10 Å². The molecule has 0 aromatic heterocycles. The second kappa shape index (κ2) is 8.25. The Bertz CT molecular complexity index is 426. The number of ether oxygens (including phenoxy) is 2. The molecule has 1 rings (SSSR count). The largest absolute Gasteiger partial charge is 0.479 e. The van der Waals surface area contributed by atoms with Crippen molar-refractivity contribution in [2.75, 3.05) is 20.3 Å². The van der Waals surface area contributed by atoms with Crippen molar-refractivity contribution in [3.63, 3.8) is 0 Å².